The molecule has 0 atom stereocenters. The number of nitrogens with one attached hydrogen (secondary N) is 4. The van der Waals surface area contributed by atoms with Crippen molar-refractivity contribution in [1.82, 2.24) is 21.3 Å². The van der Waals surface area contributed by atoms with Crippen molar-refractivity contribution in [2.24, 2.45) is 0 Å². The summed E-state index contributed by atoms with van der Waals surface area (Å²) in [6.07, 6.45) is -26.2. The third kappa shape index (κ3) is 8.92. The molecule has 29 heteroatoms. The lowest BCUT2D eigenvalue weighted by Gasteiger charge is -2.42. The largest absolute Gasteiger partial charge is 0.478 e. The molecular formula is C42H28F12N4O13. The van der Waals surface area contributed by atoms with E-state index in [0.717, 1.165) is 7.05 Å². The van der Waals surface area contributed by atoms with Gasteiger partial charge in [0.2, 0.25) is 10.8 Å². The standard InChI is InChI=1S/C42H28F12N4O13/c1-3-56-30(60)19-8-15(4-6-17(19)33(63)64)37(39(43,44)45,40(46,47)48)16-5-7-18(34(65)66)20(9-16)31(61)57-14-58-32(62)22-11-26-28(13-24(22)36(69)70)71-27-12-23(35(67)68)21(29(59)55-2)10-25(27)38(26,41(49,50)51)42(52,53)54/h4-13H,3,14H2,1-2H3,(H,55,59)(H,56,60)(H,57,61)(H,58,62)(H,63,64)(H,65,66)(H,67,68)(H,69,70). The molecule has 4 aromatic rings. The summed E-state index contributed by atoms with van der Waals surface area (Å²) >= 11 is 0. The molecule has 1 aliphatic rings. The predicted octanol–water partition coefficient (Wildman–Crippen LogP) is 6.63. The molecule has 8 N–H and O–H groups in total. The molecule has 1 heterocycles. The van der Waals surface area contributed by atoms with Crippen molar-refractivity contribution in [1.29, 1.82) is 0 Å². The highest BCUT2D eigenvalue weighted by atomic mass is 19.4. The van der Waals surface area contributed by atoms with Crippen LogP contribution in [0.25, 0.3) is 0 Å². The van der Waals surface area contributed by atoms with E-state index in [4.69, 9.17) is 4.74 Å². The molecule has 378 valence electrons. The van der Waals surface area contributed by atoms with E-state index >= 15 is 52.7 Å². The quantitative estimate of drug-likeness (QED) is 0.0516. The molecule has 0 saturated carbocycles. The fraction of sp³-hybridized carbons (Fsp3) is 0.238. The first-order valence-corrected chi connectivity index (χ1v) is 19.3. The predicted molar refractivity (Wildman–Crippen MR) is 211 cm³/mol. The molecule has 0 aliphatic carbocycles. The monoisotopic (exact) mass is 1020 g/mol. The zero-order chi connectivity index (χ0) is 53.7. The molecule has 0 fully saturated rings. The summed E-state index contributed by atoms with van der Waals surface area (Å²) in [5.74, 6) is -18.3. The van der Waals surface area contributed by atoms with Crippen LogP contribution in [0.5, 0.6) is 11.5 Å². The Bertz CT molecular complexity index is 2920. The smallest absolute Gasteiger partial charge is 0.411 e. The van der Waals surface area contributed by atoms with Crippen LogP contribution < -0.4 is 26.0 Å². The Kier molecular flexibility index (Phi) is 13.9. The average Bonchev–Trinajstić information content (AvgIpc) is 3.24. The van der Waals surface area contributed by atoms with Crippen molar-refractivity contribution in [2.75, 3.05) is 20.3 Å². The van der Waals surface area contributed by atoms with E-state index in [1.807, 2.05) is 10.6 Å². The molecule has 1 aliphatic heterocycles. The van der Waals surface area contributed by atoms with Gasteiger partial charge in [0, 0.05) is 24.7 Å². The number of rotatable bonds is 13. The van der Waals surface area contributed by atoms with E-state index in [0.29, 0.717) is 0 Å². The van der Waals surface area contributed by atoms with Crippen molar-refractivity contribution in [3.8, 4) is 11.5 Å². The van der Waals surface area contributed by atoms with Gasteiger partial charge in [0.05, 0.1) is 51.2 Å². The Morgan fingerprint density at radius 2 is 0.817 bits per heavy atom. The summed E-state index contributed by atoms with van der Waals surface area (Å²) in [5.41, 5.74) is -29.1. The number of hydrogen-bond donors (Lipinski definition) is 8. The number of carboxylic acids is 4. The normalized spacial score (nSPS) is 13.4. The maximum absolute atomic E-state index is 15.2. The second-order valence-electron chi connectivity index (χ2n) is 14.7. The van der Waals surface area contributed by atoms with E-state index in [1.54, 1.807) is 10.6 Å². The summed E-state index contributed by atoms with van der Waals surface area (Å²) in [6.45, 7) is -0.524. The number of halogens is 12. The average molecular weight is 1020 g/mol. The fourth-order valence-corrected chi connectivity index (χ4v) is 7.75. The van der Waals surface area contributed by atoms with Gasteiger partial charge in [-0.15, -0.1) is 0 Å². The lowest BCUT2D eigenvalue weighted by atomic mass is 9.69. The van der Waals surface area contributed by atoms with Gasteiger partial charge in [-0.25, -0.2) is 19.2 Å². The molecular weight excluding hydrogens is 996 g/mol. The molecule has 0 unspecified atom stereocenters. The van der Waals surface area contributed by atoms with Crippen molar-refractivity contribution < 1.29 is 116 Å². The lowest BCUT2D eigenvalue weighted by molar-refractivity contribution is -0.290. The van der Waals surface area contributed by atoms with E-state index in [2.05, 4.69) is 0 Å². The van der Waals surface area contributed by atoms with Crippen LogP contribution in [-0.2, 0) is 10.8 Å². The minimum Gasteiger partial charge on any atom is -0.478 e. The van der Waals surface area contributed by atoms with Gasteiger partial charge in [0.15, 0.2) is 0 Å². The van der Waals surface area contributed by atoms with Crippen molar-refractivity contribution in [3.05, 3.63) is 127 Å². The second-order valence-corrected chi connectivity index (χ2v) is 14.7. The zero-order valence-electron chi connectivity index (χ0n) is 35.2. The first-order valence-electron chi connectivity index (χ1n) is 19.3. The minimum atomic E-state index is -6.56. The molecule has 0 bridgehead atoms. The number of carbonyl (C=O) groups is 8. The summed E-state index contributed by atoms with van der Waals surface area (Å²) < 4.78 is 188. The summed E-state index contributed by atoms with van der Waals surface area (Å²) in [6, 6.07) is -0.114. The van der Waals surface area contributed by atoms with Crippen LogP contribution in [0.2, 0.25) is 0 Å². The van der Waals surface area contributed by atoms with Gasteiger partial charge in [-0.2, -0.15) is 52.7 Å². The van der Waals surface area contributed by atoms with Gasteiger partial charge < -0.3 is 46.4 Å². The third-order valence-electron chi connectivity index (χ3n) is 10.8. The van der Waals surface area contributed by atoms with Crippen molar-refractivity contribution in [2.45, 2.75) is 42.5 Å². The number of hydrogen-bond acceptors (Lipinski definition) is 9. The van der Waals surface area contributed by atoms with E-state index in [9.17, 15) is 58.8 Å². The van der Waals surface area contributed by atoms with Gasteiger partial charge in [-0.3, -0.25) is 19.2 Å². The molecule has 4 amide bonds. The number of aromatic carboxylic acids is 4. The molecule has 71 heavy (non-hydrogen) atoms. The first kappa shape index (κ1) is 53.6. The number of alkyl halides is 12. The summed E-state index contributed by atoms with van der Waals surface area (Å²) in [4.78, 5) is 100. The van der Waals surface area contributed by atoms with Gasteiger partial charge in [-0.1, -0.05) is 12.1 Å². The highest BCUT2D eigenvalue weighted by Gasteiger charge is 2.76. The Labute approximate surface area is 386 Å². The number of ether oxygens (including phenoxy) is 1. The fourth-order valence-electron chi connectivity index (χ4n) is 7.75. The van der Waals surface area contributed by atoms with Gasteiger partial charge in [-0.05, 0) is 66.6 Å². The molecule has 0 aromatic heterocycles. The molecule has 0 saturated heterocycles. The van der Waals surface area contributed by atoms with Crippen molar-refractivity contribution >= 4 is 47.5 Å². The van der Waals surface area contributed by atoms with Gasteiger partial charge in [0.1, 0.15) is 11.5 Å². The number of carboxylic acid groups (broad SMARTS) is 4. The Morgan fingerprint density at radius 3 is 1.13 bits per heavy atom. The van der Waals surface area contributed by atoms with Gasteiger partial charge in [0.25, 0.3) is 23.6 Å². The van der Waals surface area contributed by atoms with Crippen LogP contribution in [0.3, 0.4) is 0 Å². The number of carbonyl (C=O) groups excluding carboxylic acids is 4. The van der Waals surface area contributed by atoms with Crippen LogP contribution in [0.15, 0.2) is 60.7 Å². The SMILES string of the molecule is CCNC(=O)c1cc(C(c2ccc(C(=O)O)c(C(=O)NCNC(=O)c3cc4c(cc3C(=O)O)Oc3cc(C(=O)O)c(C(=O)NC)cc3C4(C(F)(F)F)C(F)(F)F)c2)(C(F)(F)F)C(F)(F)F)ccc1C(=O)O. The summed E-state index contributed by atoms with van der Waals surface area (Å²) in [5, 5.41) is 45.9. The maximum Gasteiger partial charge on any atom is 0.411 e. The van der Waals surface area contributed by atoms with Gasteiger partial charge >= 0.3 is 48.6 Å². The number of benzene rings is 4. The Hall–Kier alpha value is -8.40. The van der Waals surface area contributed by atoms with Crippen LogP contribution in [0.4, 0.5) is 52.7 Å². The number of fused-ring (bicyclic) bond motifs is 2. The lowest BCUT2D eigenvalue weighted by Crippen LogP contribution is -2.56. The number of amides is 4. The Balaban J connectivity index is 1.63. The Morgan fingerprint density at radius 1 is 0.479 bits per heavy atom. The van der Waals surface area contributed by atoms with E-state index in [-0.39, 0.29) is 67.2 Å². The van der Waals surface area contributed by atoms with E-state index < -0.39 is 168 Å². The van der Waals surface area contributed by atoms with Crippen LogP contribution in [0.1, 0.15) is 112 Å². The van der Waals surface area contributed by atoms with Crippen LogP contribution >= 0.6 is 0 Å². The third-order valence-corrected chi connectivity index (χ3v) is 10.8. The van der Waals surface area contributed by atoms with Crippen LogP contribution in [-0.4, -0.2) is 113 Å². The topological polar surface area (TPSA) is 275 Å². The molecule has 17 nitrogen and oxygen atoms in total. The molecule has 0 radical (unpaired) electrons. The summed E-state index contributed by atoms with van der Waals surface area (Å²) in [7, 11) is 0.842. The first-order chi connectivity index (χ1) is 32.6. The van der Waals surface area contributed by atoms with E-state index in [1.165, 1.54) is 6.92 Å². The zero-order valence-corrected chi connectivity index (χ0v) is 35.2. The molecule has 5 rings (SSSR count). The van der Waals surface area contributed by atoms with Crippen molar-refractivity contribution in [3.63, 3.8) is 0 Å². The highest BCUT2D eigenvalue weighted by Crippen LogP contribution is 2.63. The molecule has 0 spiro atoms. The minimum absolute atomic E-state index is 0.0000122. The highest BCUT2D eigenvalue weighted by molar-refractivity contribution is 6.08. The maximum atomic E-state index is 15.2. The second kappa shape index (κ2) is 18.5. The molecule has 4 aromatic carbocycles. The van der Waals surface area contributed by atoms with Crippen LogP contribution in [0, 0.1) is 0 Å².